The fraction of sp³-hybridized carbons (Fsp3) is 0.533. The highest BCUT2D eigenvalue weighted by Gasteiger charge is 2.29. The highest BCUT2D eigenvalue weighted by molar-refractivity contribution is 6.28. The zero-order chi connectivity index (χ0) is 23.3. The van der Waals surface area contributed by atoms with Gasteiger partial charge in [-0.3, -0.25) is 9.59 Å². The van der Waals surface area contributed by atoms with Crippen LogP contribution < -0.4 is 4.74 Å². The van der Waals surface area contributed by atoms with Gasteiger partial charge in [0.1, 0.15) is 5.75 Å². The summed E-state index contributed by atoms with van der Waals surface area (Å²) in [6, 6.07) is 12.3. The Labute approximate surface area is 199 Å². The predicted molar refractivity (Wildman–Crippen MR) is 136 cm³/mol. The molecule has 0 N–H and O–H groups in total. The van der Waals surface area contributed by atoms with Gasteiger partial charge in [-0.05, 0) is 24.6 Å². The molecule has 33 heavy (non-hydrogen) atoms. The number of benzene rings is 2. The highest BCUT2D eigenvalue weighted by atomic mass is 16.5. The standard InChI is InChI=1S/C30H40O3/c1-2-3-4-5-6-7-8-9-10-11-12-13-14-17-22-33-24-20-21-27-28(23-24)30(32)26-19-16-15-18-25(26)29(27)31/h15-16,18-21,23H,2-14,17,22H2,1H3. The van der Waals surface area contributed by atoms with E-state index in [2.05, 4.69) is 6.92 Å². The van der Waals surface area contributed by atoms with E-state index < -0.39 is 0 Å². The molecule has 1 aliphatic carbocycles. The van der Waals surface area contributed by atoms with Gasteiger partial charge in [0.15, 0.2) is 11.6 Å². The summed E-state index contributed by atoms with van der Waals surface area (Å²) in [6.45, 7) is 2.92. The molecule has 2 aromatic rings. The first-order valence-corrected chi connectivity index (χ1v) is 13.2. The summed E-state index contributed by atoms with van der Waals surface area (Å²) in [5.41, 5.74) is 1.91. The molecule has 0 spiro atoms. The third kappa shape index (κ3) is 7.55. The summed E-state index contributed by atoms with van der Waals surface area (Å²) in [7, 11) is 0. The van der Waals surface area contributed by atoms with Gasteiger partial charge >= 0.3 is 0 Å². The van der Waals surface area contributed by atoms with E-state index in [0.717, 1.165) is 6.42 Å². The molecule has 0 heterocycles. The summed E-state index contributed by atoms with van der Waals surface area (Å²) in [4.78, 5) is 25.5. The van der Waals surface area contributed by atoms with Crippen molar-refractivity contribution in [3.8, 4) is 5.75 Å². The van der Waals surface area contributed by atoms with E-state index in [4.69, 9.17) is 4.74 Å². The second kappa shape index (κ2) is 14.0. The SMILES string of the molecule is CCCCCCCCCCCCCCCCOc1ccc2c(c1)C(=O)c1ccccc1C2=O. The molecule has 0 atom stereocenters. The predicted octanol–water partition coefficient (Wildman–Crippen LogP) is 8.32. The highest BCUT2D eigenvalue weighted by Crippen LogP contribution is 2.29. The van der Waals surface area contributed by atoms with Crippen molar-refractivity contribution in [3.63, 3.8) is 0 Å². The van der Waals surface area contributed by atoms with Gasteiger partial charge < -0.3 is 4.74 Å². The molecule has 3 nitrogen and oxygen atoms in total. The summed E-state index contributed by atoms with van der Waals surface area (Å²) in [5.74, 6) is 0.491. The molecule has 0 fully saturated rings. The second-order valence-corrected chi connectivity index (χ2v) is 9.36. The number of ether oxygens (including phenoxy) is 1. The number of carbonyl (C=O) groups is 2. The molecule has 0 unspecified atom stereocenters. The van der Waals surface area contributed by atoms with Gasteiger partial charge in [0.2, 0.25) is 0 Å². The lowest BCUT2D eigenvalue weighted by Crippen LogP contribution is -2.20. The molecule has 0 amide bonds. The molecular formula is C30H40O3. The quantitative estimate of drug-likeness (QED) is 0.207. The molecule has 0 aliphatic heterocycles. The van der Waals surface area contributed by atoms with Gasteiger partial charge in [-0.2, -0.15) is 0 Å². The molecule has 0 saturated heterocycles. The minimum absolute atomic E-state index is 0.0845. The van der Waals surface area contributed by atoms with E-state index in [-0.39, 0.29) is 11.6 Å². The summed E-state index contributed by atoms with van der Waals surface area (Å²) >= 11 is 0. The monoisotopic (exact) mass is 448 g/mol. The molecule has 0 radical (unpaired) electrons. The van der Waals surface area contributed by atoms with Gasteiger partial charge in [-0.25, -0.2) is 0 Å². The van der Waals surface area contributed by atoms with Crippen molar-refractivity contribution in [1.29, 1.82) is 0 Å². The Morgan fingerprint density at radius 1 is 0.545 bits per heavy atom. The summed E-state index contributed by atoms with van der Waals surface area (Å²) in [5, 5.41) is 0. The minimum atomic E-state index is -0.0952. The Morgan fingerprint density at radius 3 is 1.55 bits per heavy atom. The Morgan fingerprint density at radius 2 is 1.00 bits per heavy atom. The topological polar surface area (TPSA) is 43.4 Å². The molecule has 0 aromatic heterocycles. The van der Waals surface area contributed by atoms with Crippen LogP contribution in [0.1, 0.15) is 129 Å². The first-order chi connectivity index (χ1) is 16.2. The molecule has 178 valence electrons. The zero-order valence-electron chi connectivity index (χ0n) is 20.4. The van der Waals surface area contributed by atoms with Crippen LogP contribution in [0.4, 0.5) is 0 Å². The maximum atomic E-state index is 12.8. The van der Waals surface area contributed by atoms with Crippen LogP contribution in [0.3, 0.4) is 0 Å². The fourth-order valence-electron chi connectivity index (χ4n) is 4.65. The summed E-state index contributed by atoms with van der Waals surface area (Å²) in [6.07, 6.45) is 18.7. The van der Waals surface area contributed by atoms with Crippen molar-refractivity contribution in [2.24, 2.45) is 0 Å². The molecule has 1 aliphatic rings. The number of ketones is 2. The zero-order valence-corrected chi connectivity index (χ0v) is 20.4. The normalized spacial score (nSPS) is 12.5. The molecule has 3 heteroatoms. The number of fused-ring (bicyclic) bond motifs is 2. The first-order valence-electron chi connectivity index (χ1n) is 13.2. The second-order valence-electron chi connectivity index (χ2n) is 9.36. The van der Waals surface area contributed by atoms with Crippen LogP contribution in [0.25, 0.3) is 0 Å². The fourth-order valence-corrected chi connectivity index (χ4v) is 4.65. The molecular weight excluding hydrogens is 408 g/mol. The van der Waals surface area contributed by atoms with Gasteiger partial charge in [0.05, 0.1) is 6.61 Å². The van der Waals surface area contributed by atoms with Gasteiger partial charge in [0, 0.05) is 22.3 Å². The van der Waals surface area contributed by atoms with Crippen molar-refractivity contribution in [3.05, 3.63) is 64.7 Å². The lowest BCUT2D eigenvalue weighted by atomic mass is 9.84. The van der Waals surface area contributed by atoms with Crippen molar-refractivity contribution in [2.75, 3.05) is 6.61 Å². The van der Waals surface area contributed by atoms with E-state index in [1.807, 2.05) is 6.07 Å². The average Bonchev–Trinajstić information content (AvgIpc) is 2.85. The average molecular weight is 449 g/mol. The van der Waals surface area contributed by atoms with Crippen LogP contribution in [-0.4, -0.2) is 18.2 Å². The molecule has 0 saturated carbocycles. The first kappa shape index (κ1) is 25.2. The van der Waals surface area contributed by atoms with Crippen molar-refractivity contribution in [1.82, 2.24) is 0 Å². The van der Waals surface area contributed by atoms with Crippen LogP contribution in [0.2, 0.25) is 0 Å². The number of hydrogen-bond donors (Lipinski definition) is 0. The number of rotatable bonds is 16. The van der Waals surface area contributed by atoms with Gasteiger partial charge in [0.25, 0.3) is 0 Å². The van der Waals surface area contributed by atoms with E-state index in [1.165, 1.54) is 83.5 Å². The van der Waals surface area contributed by atoms with Gasteiger partial charge in [-0.15, -0.1) is 0 Å². The van der Waals surface area contributed by atoms with Crippen LogP contribution in [0.15, 0.2) is 42.5 Å². The number of carbonyl (C=O) groups excluding carboxylic acids is 2. The Kier molecular flexibility index (Phi) is 10.7. The number of unbranched alkanes of at least 4 members (excludes halogenated alkanes) is 13. The Balaban J connectivity index is 1.26. The molecule has 0 bridgehead atoms. The van der Waals surface area contributed by atoms with Crippen molar-refractivity contribution >= 4 is 11.6 Å². The van der Waals surface area contributed by atoms with E-state index in [1.54, 1.807) is 36.4 Å². The maximum absolute atomic E-state index is 12.8. The van der Waals surface area contributed by atoms with E-state index in [9.17, 15) is 9.59 Å². The van der Waals surface area contributed by atoms with Crippen molar-refractivity contribution < 1.29 is 14.3 Å². The Bertz CT molecular complexity index is 899. The van der Waals surface area contributed by atoms with E-state index in [0.29, 0.717) is 34.6 Å². The lowest BCUT2D eigenvalue weighted by molar-refractivity contribution is 0.0978. The summed E-state index contributed by atoms with van der Waals surface area (Å²) < 4.78 is 5.89. The number of hydrogen-bond acceptors (Lipinski definition) is 3. The molecule has 2 aromatic carbocycles. The van der Waals surface area contributed by atoms with Crippen LogP contribution in [-0.2, 0) is 0 Å². The van der Waals surface area contributed by atoms with Crippen LogP contribution in [0, 0.1) is 0 Å². The molecule has 3 rings (SSSR count). The van der Waals surface area contributed by atoms with E-state index >= 15 is 0 Å². The van der Waals surface area contributed by atoms with Crippen molar-refractivity contribution in [2.45, 2.75) is 96.8 Å². The smallest absolute Gasteiger partial charge is 0.194 e. The van der Waals surface area contributed by atoms with Gasteiger partial charge in [-0.1, -0.05) is 115 Å². The Hall–Kier alpha value is -2.42. The minimum Gasteiger partial charge on any atom is -0.494 e. The van der Waals surface area contributed by atoms with Crippen LogP contribution >= 0.6 is 0 Å². The largest absolute Gasteiger partial charge is 0.494 e. The van der Waals surface area contributed by atoms with Crippen LogP contribution in [0.5, 0.6) is 5.75 Å². The third-order valence-electron chi connectivity index (χ3n) is 6.66. The lowest BCUT2D eigenvalue weighted by Gasteiger charge is -2.18. The third-order valence-corrected chi connectivity index (χ3v) is 6.66. The maximum Gasteiger partial charge on any atom is 0.194 e.